The van der Waals surface area contributed by atoms with E-state index in [0.717, 1.165) is 12.8 Å². The molecule has 0 saturated carbocycles. The predicted molar refractivity (Wildman–Crippen MR) is 91.6 cm³/mol. The SMILES string of the molecule is O=C(CCBr)Nc1c(I)cc(I)cc1I. The molecule has 1 aromatic rings. The molecule has 0 spiro atoms. The highest BCUT2D eigenvalue weighted by atomic mass is 127. The molecular weight excluding hydrogens is 599 g/mol. The van der Waals surface area contributed by atoms with Gasteiger partial charge < -0.3 is 5.32 Å². The molecule has 0 atom stereocenters. The van der Waals surface area contributed by atoms with Gasteiger partial charge in [-0.3, -0.25) is 4.79 Å². The van der Waals surface area contributed by atoms with Crippen molar-refractivity contribution in [1.29, 1.82) is 0 Å². The van der Waals surface area contributed by atoms with Crippen LogP contribution in [0.3, 0.4) is 0 Å². The van der Waals surface area contributed by atoms with Crippen molar-refractivity contribution in [2.24, 2.45) is 0 Å². The third-order valence-corrected chi connectivity index (χ3v) is 4.31. The first-order chi connectivity index (χ1) is 7.04. The van der Waals surface area contributed by atoms with Crippen LogP contribution in [0.25, 0.3) is 0 Å². The molecule has 1 rings (SSSR count). The molecule has 0 heterocycles. The Labute approximate surface area is 138 Å². The summed E-state index contributed by atoms with van der Waals surface area (Å²) in [6.45, 7) is 0. The van der Waals surface area contributed by atoms with Crippen molar-refractivity contribution in [1.82, 2.24) is 0 Å². The van der Waals surface area contributed by atoms with Crippen molar-refractivity contribution < 1.29 is 4.79 Å². The molecule has 2 nitrogen and oxygen atoms in total. The van der Waals surface area contributed by atoms with Crippen molar-refractivity contribution in [3.05, 3.63) is 22.8 Å². The standard InChI is InChI=1S/C9H7BrI3NO/c10-2-1-8(15)14-9-6(12)3-5(11)4-7(9)13/h3-4H,1-2H2,(H,14,15). The molecule has 0 aliphatic carbocycles. The number of anilines is 1. The summed E-state index contributed by atoms with van der Waals surface area (Å²) < 4.78 is 3.33. The fourth-order valence-corrected chi connectivity index (χ4v) is 5.16. The highest BCUT2D eigenvalue weighted by Crippen LogP contribution is 2.27. The Kier molecular flexibility index (Phi) is 6.67. The third-order valence-electron chi connectivity index (χ3n) is 1.59. The van der Waals surface area contributed by atoms with Crippen molar-refractivity contribution >= 4 is 95.3 Å². The lowest BCUT2D eigenvalue weighted by Crippen LogP contribution is -2.13. The van der Waals surface area contributed by atoms with E-state index in [1.807, 2.05) is 12.1 Å². The third kappa shape index (κ3) is 4.62. The van der Waals surface area contributed by atoms with E-state index < -0.39 is 0 Å². The van der Waals surface area contributed by atoms with Gasteiger partial charge in [-0.2, -0.15) is 0 Å². The van der Waals surface area contributed by atoms with Gasteiger partial charge in [-0.25, -0.2) is 0 Å². The summed E-state index contributed by atoms with van der Waals surface area (Å²) in [5.74, 6) is 0.0453. The first kappa shape index (κ1) is 14.4. The summed E-state index contributed by atoms with van der Waals surface area (Å²) in [6.07, 6.45) is 0.498. The van der Waals surface area contributed by atoms with Crippen LogP contribution in [0.15, 0.2) is 12.1 Å². The minimum Gasteiger partial charge on any atom is -0.324 e. The summed E-state index contributed by atoms with van der Waals surface area (Å²) in [4.78, 5) is 11.5. The van der Waals surface area contributed by atoms with Crippen LogP contribution >= 0.6 is 83.7 Å². The highest BCUT2D eigenvalue weighted by molar-refractivity contribution is 14.1. The molecule has 0 aromatic heterocycles. The zero-order valence-corrected chi connectivity index (χ0v) is 15.5. The van der Waals surface area contributed by atoms with Gasteiger partial charge in [0, 0.05) is 22.5 Å². The molecule has 0 radical (unpaired) electrons. The maximum absolute atomic E-state index is 11.5. The van der Waals surface area contributed by atoms with E-state index in [1.165, 1.54) is 3.57 Å². The van der Waals surface area contributed by atoms with Gasteiger partial charge in [0.05, 0.1) is 5.69 Å². The molecule has 1 amide bonds. The van der Waals surface area contributed by atoms with E-state index in [9.17, 15) is 4.79 Å². The van der Waals surface area contributed by atoms with Gasteiger partial charge in [0.2, 0.25) is 5.91 Å². The van der Waals surface area contributed by atoms with Gasteiger partial charge in [0.25, 0.3) is 0 Å². The van der Waals surface area contributed by atoms with Crippen LogP contribution in [0, 0.1) is 10.7 Å². The van der Waals surface area contributed by atoms with Gasteiger partial charge in [-0.1, -0.05) is 15.9 Å². The Morgan fingerprint density at radius 1 is 1.27 bits per heavy atom. The van der Waals surface area contributed by atoms with Crippen LogP contribution in [0.4, 0.5) is 5.69 Å². The van der Waals surface area contributed by atoms with Crippen LogP contribution in [-0.2, 0) is 4.79 Å². The fourth-order valence-electron chi connectivity index (χ4n) is 0.949. The number of alkyl halides is 1. The molecule has 1 N–H and O–H groups in total. The summed E-state index contributed by atoms with van der Waals surface area (Å²) in [7, 11) is 0. The van der Waals surface area contributed by atoms with E-state index in [0.29, 0.717) is 11.8 Å². The largest absolute Gasteiger partial charge is 0.324 e. The smallest absolute Gasteiger partial charge is 0.225 e. The van der Waals surface area contributed by atoms with Crippen LogP contribution in [0.1, 0.15) is 6.42 Å². The van der Waals surface area contributed by atoms with Gasteiger partial charge >= 0.3 is 0 Å². The van der Waals surface area contributed by atoms with E-state index in [2.05, 4.69) is 89.0 Å². The maximum Gasteiger partial charge on any atom is 0.225 e. The Hall–Kier alpha value is 1.36. The van der Waals surface area contributed by atoms with Gasteiger partial charge in [0.15, 0.2) is 0 Å². The lowest BCUT2D eigenvalue weighted by molar-refractivity contribution is -0.115. The van der Waals surface area contributed by atoms with E-state index in [4.69, 9.17) is 0 Å². The second-order valence-corrected chi connectivity index (χ2v) is 7.09. The molecule has 82 valence electrons. The zero-order chi connectivity index (χ0) is 11.4. The summed E-state index contributed by atoms with van der Waals surface area (Å²) in [5, 5.41) is 3.61. The van der Waals surface area contributed by atoms with Crippen LogP contribution in [0.2, 0.25) is 0 Å². The summed E-state index contributed by atoms with van der Waals surface area (Å²) in [6, 6.07) is 4.10. The van der Waals surface area contributed by atoms with Crippen LogP contribution < -0.4 is 5.32 Å². The van der Waals surface area contributed by atoms with Crippen molar-refractivity contribution in [2.75, 3.05) is 10.6 Å². The predicted octanol–water partition coefficient (Wildman–Crippen LogP) is 4.22. The number of hydrogen-bond acceptors (Lipinski definition) is 1. The molecule has 0 bridgehead atoms. The Balaban J connectivity index is 2.90. The van der Waals surface area contributed by atoms with Crippen molar-refractivity contribution in [3.8, 4) is 0 Å². The maximum atomic E-state index is 11.5. The number of halogens is 4. The second-order valence-electron chi connectivity index (χ2n) is 2.73. The van der Waals surface area contributed by atoms with E-state index in [-0.39, 0.29) is 5.91 Å². The average molecular weight is 606 g/mol. The fraction of sp³-hybridized carbons (Fsp3) is 0.222. The Morgan fingerprint density at radius 3 is 2.27 bits per heavy atom. The number of amides is 1. The lowest BCUT2D eigenvalue weighted by atomic mass is 10.3. The zero-order valence-electron chi connectivity index (χ0n) is 7.49. The number of hydrogen-bond donors (Lipinski definition) is 1. The normalized spacial score (nSPS) is 10.1. The first-order valence-corrected chi connectivity index (χ1v) is 8.40. The monoisotopic (exact) mass is 605 g/mol. The summed E-state index contributed by atoms with van der Waals surface area (Å²) in [5.41, 5.74) is 0.919. The highest BCUT2D eigenvalue weighted by Gasteiger charge is 2.09. The van der Waals surface area contributed by atoms with E-state index >= 15 is 0 Å². The van der Waals surface area contributed by atoms with Crippen LogP contribution in [0.5, 0.6) is 0 Å². The topological polar surface area (TPSA) is 29.1 Å². The van der Waals surface area contributed by atoms with Crippen molar-refractivity contribution in [2.45, 2.75) is 6.42 Å². The quantitative estimate of drug-likeness (QED) is 0.406. The molecule has 0 saturated heterocycles. The average Bonchev–Trinajstić information content (AvgIpc) is 2.11. The number of benzene rings is 1. The number of rotatable bonds is 3. The molecule has 0 fully saturated rings. The van der Waals surface area contributed by atoms with Crippen LogP contribution in [-0.4, -0.2) is 11.2 Å². The summed E-state index contributed by atoms with van der Waals surface area (Å²) >= 11 is 9.99. The number of carbonyl (C=O) groups is 1. The van der Waals surface area contributed by atoms with Gasteiger partial charge in [0.1, 0.15) is 0 Å². The minimum atomic E-state index is 0.0453. The lowest BCUT2D eigenvalue weighted by Gasteiger charge is -2.09. The number of nitrogens with one attached hydrogen (secondary N) is 1. The molecule has 0 unspecified atom stereocenters. The van der Waals surface area contributed by atoms with Gasteiger partial charge in [-0.15, -0.1) is 0 Å². The first-order valence-electron chi connectivity index (χ1n) is 4.05. The van der Waals surface area contributed by atoms with E-state index in [1.54, 1.807) is 0 Å². The second kappa shape index (κ2) is 6.94. The molecule has 0 aliphatic rings. The molecular formula is C9H7BrI3NO. The number of carbonyl (C=O) groups excluding carboxylic acids is 1. The minimum absolute atomic E-state index is 0.0453. The molecule has 1 aromatic carbocycles. The molecule has 15 heavy (non-hydrogen) atoms. The Morgan fingerprint density at radius 2 is 1.80 bits per heavy atom. The van der Waals surface area contributed by atoms with Crippen molar-refractivity contribution in [3.63, 3.8) is 0 Å². The Bertz CT molecular complexity index is 361. The molecule has 6 heteroatoms. The molecule has 0 aliphatic heterocycles. The van der Waals surface area contributed by atoms with Gasteiger partial charge in [-0.05, 0) is 79.9 Å².